The average molecular weight is 391 g/mol. The summed E-state index contributed by atoms with van der Waals surface area (Å²) in [6.45, 7) is 1.94. The molecule has 21 heavy (non-hydrogen) atoms. The van der Waals surface area contributed by atoms with Gasteiger partial charge < -0.3 is 10.5 Å². The van der Waals surface area contributed by atoms with Crippen LogP contribution < -0.4 is 10.5 Å². The molecule has 0 bridgehead atoms. The molecule has 2 aromatic carbocycles. The SMILES string of the molecule is COc1ccc2cc(-c3nc(C)c(I)c(N)n3)ccc2c1. The van der Waals surface area contributed by atoms with Crippen LogP contribution in [-0.4, -0.2) is 17.1 Å². The van der Waals surface area contributed by atoms with Crippen LogP contribution in [0.25, 0.3) is 22.2 Å². The minimum absolute atomic E-state index is 0.521. The normalized spacial score (nSPS) is 10.8. The molecule has 0 fully saturated rings. The number of nitrogen functional groups attached to an aromatic ring is 1. The number of nitrogens with zero attached hydrogens (tertiary/aromatic N) is 2. The number of hydrogen-bond acceptors (Lipinski definition) is 4. The molecule has 5 heteroatoms. The van der Waals surface area contributed by atoms with Crippen molar-refractivity contribution < 1.29 is 4.74 Å². The molecule has 2 N–H and O–H groups in total. The second kappa shape index (κ2) is 5.48. The van der Waals surface area contributed by atoms with E-state index in [-0.39, 0.29) is 0 Å². The van der Waals surface area contributed by atoms with Gasteiger partial charge in [0.25, 0.3) is 0 Å². The van der Waals surface area contributed by atoms with E-state index >= 15 is 0 Å². The molecule has 0 saturated heterocycles. The Kier molecular flexibility index (Phi) is 3.67. The Labute approximate surface area is 136 Å². The Balaban J connectivity index is 2.13. The van der Waals surface area contributed by atoms with Crippen molar-refractivity contribution in [2.75, 3.05) is 12.8 Å². The summed E-state index contributed by atoms with van der Waals surface area (Å²) in [5.41, 5.74) is 7.79. The average Bonchev–Trinajstić information content (AvgIpc) is 2.51. The fourth-order valence-corrected chi connectivity index (χ4v) is 2.44. The van der Waals surface area contributed by atoms with E-state index in [1.807, 2.05) is 37.3 Å². The minimum Gasteiger partial charge on any atom is -0.497 e. The molecule has 1 aromatic heterocycles. The third-order valence-electron chi connectivity index (χ3n) is 3.35. The maximum absolute atomic E-state index is 5.93. The van der Waals surface area contributed by atoms with E-state index in [2.05, 4.69) is 38.6 Å². The summed E-state index contributed by atoms with van der Waals surface area (Å²) < 4.78 is 6.14. The Morgan fingerprint density at radius 1 is 1.05 bits per heavy atom. The number of fused-ring (bicyclic) bond motifs is 1. The van der Waals surface area contributed by atoms with Gasteiger partial charge in [0.15, 0.2) is 5.82 Å². The highest BCUT2D eigenvalue weighted by Crippen LogP contribution is 2.27. The van der Waals surface area contributed by atoms with Crippen molar-refractivity contribution in [2.24, 2.45) is 0 Å². The van der Waals surface area contributed by atoms with Crippen molar-refractivity contribution in [1.29, 1.82) is 0 Å². The van der Waals surface area contributed by atoms with Gasteiger partial charge in [-0.1, -0.05) is 18.2 Å². The number of anilines is 1. The van der Waals surface area contributed by atoms with Gasteiger partial charge >= 0.3 is 0 Å². The molecular weight excluding hydrogens is 377 g/mol. The number of rotatable bonds is 2. The van der Waals surface area contributed by atoms with E-state index in [1.54, 1.807) is 7.11 Å². The minimum atomic E-state index is 0.521. The lowest BCUT2D eigenvalue weighted by Gasteiger charge is -2.08. The fraction of sp³-hybridized carbons (Fsp3) is 0.125. The highest BCUT2D eigenvalue weighted by Gasteiger charge is 2.09. The monoisotopic (exact) mass is 391 g/mol. The van der Waals surface area contributed by atoms with E-state index in [1.165, 1.54) is 0 Å². The highest BCUT2D eigenvalue weighted by atomic mass is 127. The van der Waals surface area contributed by atoms with E-state index in [0.717, 1.165) is 31.3 Å². The van der Waals surface area contributed by atoms with Crippen LogP contribution in [0.5, 0.6) is 5.75 Å². The molecule has 3 aromatic rings. The number of hydrogen-bond donors (Lipinski definition) is 1. The van der Waals surface area contributed by atoms with E-state index < -0.39 is 0 Å². The van der Waals surface area contributed by atoms with Crippen LogP contribution in [-0.2, 0) is 0 Å². The van der Waals surface area contributed by atoms with E-state index in [0.29, 0.717) is 11.6 Å². The third kappa shape index (κ3) is 2.65. The van der Waals surface area contributed by atoms with Gasteiger partial charge in [-0.15, -0.1) is 0 Å². The number of halogens is 1. The summed E-state index contributed by atoms with van der Waals surface area (Å²) in [6.07, 6.45) is 0. The standard InChI is InChI=1S/C16H14IN3O/c1-9-14(17)15(18)20-16(19-9)12-4-3-11-8-13(21-2)6-5-10(11)7-12/h3-8H,1-2H3,(H2,18,19,20). The van der Waals surface area contributed by atoms with Crippen molar-refractivity contribution in [3.05, 3.63) is 45.7 Å². The van der Waals surface area contributed by atoms with Gasteiger partial charge in [0.1, 0.15) is 11.6 Å². The van der Waals surface area contributed by atoms with Gasteiger partial charge in [0.2, 0.25) is 0 Å². The predicted octanol–water partition coefficient (Wildman–Crippen LogP) is 3.80. The first kappa shape index (κ1) is 14.1. The van der Waals surface area contributed by atoms with Crippen molar-refractivity contribution in [2.45, 2.75) is 6.92 Å². The van der Waals surface area contributed by atoms with Gasteiger partial charge in [-0.25, -0.2) is 9.97 Å². The number of nitrogens with two attached hydrogens (primary N) is 1. The molecule has 0 amide bonds. The van der Waals surface area contributed by atoms with Gasteiger partial charge in [0.05, 0.1) is 16.4 Å². The van der Waals surface area contributed by atoms with Crippen LogP contribution in [0.15, 0.2) is 36.4 Å². The first-order valence-corrected chi connectivity index (χ1v) is 7.54. The number of benzene rings is 2. The van der Waals surface area contributed by atoms with Crippen molar-refractivity contribution in [3.63, 3.8) is 0 Å². The predicted molar refractivity (Wildman–Crippen MR) is 93.4 cm³/mol. The van der Waals surface area contributed by atoms with Gasteiger partial charge in [-0.2, -0.15) is 0 Å². The second-order valence-corrected chi connectivity index (χ2v) is 5.84. The van der Waals surface area contributed by atoms with Crippen LogP contribution in [0, 0.1) is 10.5 Å². The van der Waals surface area contributed by atoms with Crippen LogP contribution in [0.1, 0.15) is 5.69 Å². The molecular formula is C16H14IN3O. The largest absolute Gasteiger partial charge is 0.497 e. The maximum Gasteiger partial charge on any atom is 0.161 e. The first-order chi connectivity index (χ1) is 10.1. The molecule has 1 heterocycles. The quantitative estimate of drug-likeness (QED) is 0.676. The maximum atomic E-state index is 5.93. The lowest BCUT2D eigenvalue weighted by atomic mass is 10.1. The lowest BCUT2D eigenvalue weighted by molar-refractivity contribution is 0.415. The molecule has 0 aliphatic heterocycles. The molecule has 0 aliphatic rings. The zero-order valence-electron chi connectivity index (χ0n) is 11.7. The number of aryl methyl sites for hydroxylation is 1. The smallest absolute Gasteiger partial charge is 0.161 e. The third-order valence-corrected chi connectivity index (χ3v) is 4.68. The summed E-state index contributed by atoms with van der Waals surface area (Å²) in [5, 5.41) is 2.24. The van der Waals surface area contributed by atoms with Crippen molar-refractivity contribution >= 4 is 39.2 Å². The van der Waals surface area contributed by atoms with E-state index in [9.17, 15) is 0 Å². The Morgan fingerprint density at radius 3 is 2.48 bits per heavy atom. The fourth-order valence-electron chi connectivity index (χ4n) is 2.20. The van der Waals surface area contributed by atoms with Gasteiger partial charge in [0, 0.05) is 5.56 Å². The van der Waals surface area contributed by atoms with Gasteiger partial charge in [-0.05, 0) is 58.5 Å². The molecule has 0 spiro atoms. The van der Waals surface area contributed by atoms with Crippen molar-refractivity contribution in [1.82, 2.24) is 9.97 Å². The number of aromatic nitrogens is 2. The van der Waals surface area contributed by atoms with Gasteiger partial charge in [-0.3, -0.25) is 0 Å². The summed E-state index contributed by atoms with van der Waals surface area (Å²) in [4.78, 5) is 8.90. The first-order valence-electron chi connectivity index (χ1n) is 6.46. The Hall–Kier alpha value is -1.89. The molecule has 0 saturated carbocycles. The summed E-state index contributed by atoms with van der Waals surface area (Å²) in [5.74, 6) is 2.02. The molecule has 0 unspecified atom stereocenters. The Bertz CT molecular complexity index is 810. The summed E-state index contributed by atoms with van der Waals surface area (Å²) >= 11 is 2.16. The van der Waals surface area contributed by atoms with Crippen LogP contribution in [0.4, 0.5) is 5.82 Å². The number of methoxy groups -OCH3 is 1. The lowest BCUT2D eigenvalue weighted by Crippen LogP contribution is -2.02. The van der Waals surface area contributed by atoms with Crippen LogP contribution in [0.3, 0.4) is 0 Å². The molecule has 0 aliphatic carbocycles. The topological polar surface area (TPSA) is 61.0 Å². The zero-order chi connectivity index (χ0) is 15.0. The molecule has 106 valence electrons. The second-order valence-electron chi connectivity index (χ2n) is 4.76. The molecule has 4 nitrogen and oxygen atoms in total. The van der Waals surface area contributed by atoms with Crippen LogP contribution >= 0.6 is 22.6 Å². The van der Waals surface area contributed by atoms with Crippen LogP contribution in [0.2, 0.25) is 0 Å². The highest BCUT2D eigenvalue weighted by molar-refractivity contribution is 14.1. The number of ether oxygens (including phenoxy) is 1. The zero-order valence-corrected chi connectivity index (χ0v) is 13.9. The summed E-state index contributed by atoms with van der Waals surface area (Å²) in [7, 11) is 1.67. The van der Waals surface area contributed by atoms with E-state index in [4.69, 9.17) is 10.5 Å². The summed E-state index contributed by atoms with van der Waals surface area (Å²) in [6, 6.07) is 12.1. The Morgan fingerprint density at radius 2 is 1.76 bits per heavy atom. The molecule has 3 rings (SSSR count). The molecule has 0 radical (unpaired) electrons. The molecule has 0 atom stereocenters. The van der Waals surface area contributed by atoms with Crippen molar-refractivity contribution in [3.8, 4) is 17.1 Å².